The van der Waals surface area contributed by atoms with Crippen LogP contribution in [0.4, 0.5) is 8.78 Å². The topological polar surface area (TPSA) is 52.5 Å². The third-order valence-corrected chi connectivity index (χ3v) is 2.23. The van der Waals surface area contributed by atoms with Crippen LogP contribution in [0.15, 0.2) is 0 Å². The van der Waals surface area contributed by atoms with E-state index in [0.29, 0.717) is 11.3 Å². The van der Waals surface area contributed by atoms with Gasteiger partial charge < -0.3 is 0 Å². The number of aromatic nitrogens is 2. The average molecular weight is 183 g/mol. The Bertz CT molecular complexity index is 375. The van der Waals surface area contributed by atoms with Gasteiger partial charge in [0, 0.05) is 17.7 Å². The lowest BCUT2D eigenvalue weighted by Crippen LogP contribution is -2.25. The van der Waals surface area contributed by atoms with E-state index < -0.39 is 5.92 Å². The molecule has 0 bridgehead atoms. The van der Waals surface area contributed by atoms with Crippen LogP contribution in [-0.4, -0.2) is 16.1 Å². The largest absolute Gasteiger partial charge is 0.281 e. The standard InChI is InChI=1S/C8H7F2N3/c9-8(10)2-1-5-6(3-8)12-13-7(5)4-11/h1-3H2,(H,12,13). The van der Waals surface area contributed by atoms with Crippen LogP contribution < -0.4 is 0 Å². The summed E-state index contributed by atoms with van der Waals surface area (Å²) < 4.78 is 25.7. The van der Waals surface area contributed by atoms with Crippen molar-refractivity contribution in [3.63, 3.8) is 0 Å². The highest BCUT2D eigenvalue weighted by Gasteiger charge is 2.36. The highest BCUT2D eigenvalue weighted by Crippen LogP contribution is 2.32. The molecule has 0 aromatic carbocycles. The molecule has 0 amide bonds. The maximum Gasteiger partial charge on any atom is 0.253 e. The Morgan fingerprint density at radius 1 is 1.54 bits per heavy atom. The minimum absolute atomic E-state index is 0.186. The lowest BCUT2D eigenvalue weighted by molar-refractivity contribution is -0.0131. The van der Waals surface area contributed by atoms with Gasteiger partial charge in [-0.15, -0.1) is 0 Å². The Balaban J connectivity index is 2.40. The fraction of sp³-hybridized carbons (Fsp3) is 0.500. The van der Waals surface area contributed by atoms with E-state index in [0.717, 1.165) is 0 Å². The van der Waals surface area contributed by atoms with E-state index in [-0.39, 0.29) is 25.0 Å². The van der Waals surface area contributed by atoms with Crippen molar-refractivity contribution in [3.8, 4) is 6.07 Å². The van der Waals surface area contributed by atoms with Crippen LogP contribution in [-0.2, 0) is 12.8 Å². The van der Waals surface area contributed by atoms with Gasteiger partial charge in [-0.2, -0.15) is 10.4 Å². The van der Waals surface area contributed by atoms with Gasteiger partial charge in [-0.1, -0.05) is 0 Å². The summed E-state index contributed by atoms with van der Waals surface area (Å²) in [5.74, 6) is -2.65. The minimum Gasteiger partial charge on any atom is -0.281 e. The van der Waals surface area contributed by atoms with Crippen molar-refractivity contribution >= 4 is 0 Å². The number of rotatable bonds is 0. The Hall–Kier alpha value is -1.44. The molecule has 0 atom stereocenters. The van der Waals surface area contributed by atoms with Crippen molar-refractivity contribution in [2.45, 2.75) is 25.2 Å². The maximum absolute atomic E-state index is 12.9. The molecule has 0 radical (unpaired) electrons. The molecule has 0 aliphatic heterocycles. The predicted molar refractivity (Wildman–Crippen MR) is 40.3 cm³/mol. The van der Waals surface area contributed by atoms with E-state index in [4.69, 9.17) is 5.26 Å². The van der Waals surface area contributed by atoms with Crippen molar-refractivity contribution in [1.29, 1.82) is 5.26 Å². The van der Waals surface area contributed by atoms with Gasteiger partial charge in [-0.25, -0.2) is 8.78 Å². The third-order valence-electron chi connectivity index (χ3n) is 2.23. The van der Waals surface area contributed by atoms with E-state index in [9.17, 15) is 8.78 Å². The summed E-state index contributed by atoms with van der Waals surface area (Å²) in [7, 11) is 0. The molecule has 0 saturated heterocycles. The first-order valence-corrected chi connectivity index (χ1v) is 3.96. The van der Waals surface area contributed by atoms with E-state index >= 15 is 0 Å². The summed E-state index contributed by atoms with van der Waals surface area (Å²) in [6, 6.07) is 1.88. The van der Waals surface area contributed by atoms with Crippen LogP contribution in [0.1, 0.15) is 23.4 Å². The van der Waals surface area contributed by atoms with Gasteiger partial charge >= 0.3 is 0 Å². The van der Waals surface area contributed by atoms with Gasteiger partial charge in [-0.3, -0.25) is 5.10 Å². The van der Waals surface area contributed by atoms with E-state index in [1.807, 2.05) is 6.07 Å². The Morgan fingerprint density at radius 3 is 3.00 bits per heavy atom. The third kappa shape index (κ3) is 1.28. The number of H-pyrrole nitrogens is 1. The van der Waals surface area contributed by atoms with Gasteiger partial charge in [-0.05, 0) is 6.42 Å². The van der Waals surface area contributed by atoms with Crippen LogP contribution in [0.25, 0.3) is 0 Å². The molecule has 2 rings (SSSR count). The van der Waals surface area contributed by atoms with Crippen LogP contribution in [0.3, 0.4) is 0 Å². The summed E-state index contributed by atoms with van der Waals surface area (Å²) in [5.41, 5.74) is 1.33. The van der Waals surface area contributed by atoms with E-state index in [1.165, 1.54) is 0 Å². The molecule has 13 heavy (non-hydrogen) atoms. The van der Waals surface area contributed by atoms with Crippen molar-refractivity contribution < 1.29 is 8.78 Å². The van der Waals surface area contributed by atoms with Crippen molar-refractivity contribution in [3.05, 3.63) is 17.0 Å². The number of hydrogen-bond acceptors (Lipinski definition) is 2. The molecule has 1 N–H and O–H groups in total. The summed E-state index contributed by atoms with van der Waals surface area (Å²) >= 11 is 0. The molecule has 0 unspecified atom stereocenters. The molecule has 1 aromatic rings. The first kappa shape index (κ1) is 8.17. The second-order valence-electron chi connectivity index (χ2n) is 3.17. The fourth-order valence-corrected chi connectivity index (χ4v) is 1.56. The smallest absolute Gasteiger partial charge is 0.253 e. The molecule has 5 heteroatoms. The van der Waals surface area contributed by atoms with E-state index in [1.54, 1.807) is 0 Å². The highest BCUT2D eigenvalue weighted by molar-refractivity contribution is 5.36. The number of nitrogens with zero attached hydrogens (tertiary/aromatic N) is 2. The summed E-state index contributed by atoms with van der Waals surface area (Å²) in [5, 5.41) is 14.7. The van der Waals surface area contributed by atoms with Gasteiger partial charge in [0.05, 0.1) is 6.42 Å². The molecule has 0 saturated carbocycles. The summed E-state index contributed by atoms with van der Waals surface area (Å²) in [6.45, 7) is 0. The number of nitriles is 1. The molecular weight excluding hydrogens is 176 g/mol. The number of nitrogens with one attached hydrogen (secondary N) is 1. The zero-order valence-electron chi connectivity index (χ0n) is 6.77. The molecule has 0 spiro atoms. The normalized spacial score (nSPS) is 19.2. The SMILES string of the molecule is N#Cc1n[nH]c2c1CCC(F)(F)C2. The molecule has 1 heterocycles. The Labute approximate surface area is 73.4 Å². The lowest BCUT2D eigenvalue weighted by atomic mass is 9.93. The van der Waals surface area contributed by atoms with Gasteiger partial charge in [0.15, 0.2) is 5.69 Å². The van der Waals surface area contributed by atoms with Gasteiger partial charge in [0.2, 0.25) is 0 Å². The predicted octanol–water partition coefficient (Wildman–Crippen LogP) is 1.41. The van der Waals surface area contributed by atoms with Gasteiger partial charge in [0.25, 0.3) is 5.92 Å². The zero-order chi connectivity index (χ0) is 9.47. The molecular formula is C8H7F2N3. The molecule has 0 fully saturated rings. The van der Waals surface area contributed by atoms with Crippen LogP contribution in [0.2, 0.25) is 0 Å². The fourth-order valence-electron chi connectivity index (χ4n) is 1.56. The number of alkyl halides is 2. The quantitative estimate of drug-likeness (QED) is 0.661. The first-order chi connectivity index (χ1) is 6.12. The minimum atomic E-state index is -2.65. The van der Waals surface area contributed by atoms with Crippen LogP contribution >= 0.6 is 0 Å². The monoisotopic (exact) mass is 183 g/mol. The molecule has 1 aliphatic rings. The van der Waals surface area contributed by atoms with Crippen LogP contribution in [0.5, 0.6) is 0 Å². The molecule has 1 aromatic heterocycles. The van der Waals surface area contributed by atoms with Crippen molar-refractivity contribution in [2.24, 2.45) is 0 Å². The van der Waals surface area contributed by atoms with Crippen molar-refractivity contribution in [1.82, 2.24) is 10.2 Å². The number of halogens is 2. The molecule has 3 nitrogen and oxygen atoms in total. The Morgan fingerprint density at radius 2 is 2.31 bits per heavy atom. The zero-order valence-corrected chi connectivity index (χ0v) is 6.77. The Kier molecular flexibility index (Phi) is 1.59. The number of aromatic amines is 1. The maximum atomic E-state index is 12.9. The molecule has 68 valence electrons. The summed E-state index contributed by atoms with van der Waals surface area (Å²) in [4.78, 5) is 0. The van der Waals surface area contributed by atoms with E-state index in [2.05, 4.69) is 10.2 Å². The average Bonchev–Trinajstić information content (AvgIpc) is 2.44. The van der Waals surface area contributed by atoms with Crippen LogP contribution in [0, 0.1) is 11.3 Å². The van der Waals surface area contributed by atoms with Gasteiger partial charge in [0.1, 0.15) is 6.07 Å². The number of fused-ring (bicyclic) bond motifs is 1. The molecule has 1 aliphatic carbocycles. The summed E-state index contributed by atoms with van der Waals surface area (Å²) in [6.07, 6.45) is -0.271. The second kappa shape index (κ2) is 2.52. The second-order valence-corrected chi connectivity index (χ2v) is 3.17. The highest BCUT2D eigenvalue weighted by atomic mass is 19.3. The first-order valence-electron chi connectivity index (χ1n) is 3.96. The number of hydrogen-bond donors (Lipinski definition) is 1. The lowest BCUT2D eigenvalue weighted by Gasteiger charge is -2.20. The van der Waals surface area contributed by atoms with Crippen molar-refractivity contribution in [2.75, 3.05) is 0 Å².